The molecule has 0 spiro atoms. The summed E-state index contributed by atoms with van der Waals surface area (Å²) in [6.45, 7) is 17.8. The number of anilines is 2. The van der Waals surface area contributed by atoms with Crippen molar-refractivity contribution < 1.29 is 46.4 Å². The topological polar surface area (TPSA) is 271 Å². The van der Waals surface area contributed by atoms with E-state index in [1.54, 1.807) is 65.0 Å². The number of methoxy groups -OCH3 is 2. The van der Waals surface area contributed by atoms with E-state index in [1.165, 1.54) is 6.33 Å². The molecule has 3 aliphatic rings. The van der Waals surface area contributed by atoms with Crippen LogP contribution in [0.4, 0.5) is 11.8 Å². The van der Waals surface area contributed by atoms with Gasteiger partial charge in [-0.15, -0.1) is 0 Å². The molecule has 22 nitrogen and oxygen atoms in total. The lowest BCUT2D eigenvalue weighted by atomic mass is 9.79. The molecule has 4 heterocycles. The molecular formula is C66H78N11O11PSi. The molecule has 3 fully saturated rings. The zero-order valence-corrected chi connectivity index (χ0v) is 54.5. The summed E-state index contributed by atoms with van der Waals surface area (Å²) in [4.78, 5) is 66.4. The number of rotatable bonds is 24. The lowest BCUT2D eigenvalue weighted by molar-refractivity contribution is -0.118. The Labute approximate surface area is 524 Å². The zero-order valence-electron chi connectivity index (χ0n) is 52.6. The summed E-state index contributed by atoms with van der Waals surface area (Å²) in [6.07, 6.45) is 3.70. The summed E-state index contributed by atoms with van der Waals surface area (Å²) in [7, 11) is -4.24. The number of carbonyl (C=O) groups excluding carboxylic acids is 2. The quantitative estimate of drug-likeness (QED) is 0.0219. The van der Waals surface area contributed by atoms with Crippen molar-refractivity contribution >= 4 is 62.0 Å². The Morgan fingerprint density at radius 1 is 0.822 bits per heavy atom. The van der Waals surface area contributed by atoms with Gasteiger partial charge in [-0.1, -0.05) is 121 Å². The number of nitrogens with zero attached hydrogens (tertiary/aromatic N) is 8. The average Bonchev–Trinajstić information content (AvgIpc) is 1.51. The second-order valence-corrected chi connectivity index (χ2v) is 31.9. The van der Waals surface area contributed by atoms with Crippen LogP contribution in [0.25, 0.3) is 22.3 Å². The van der Waals surface area contributed by atoms with E-state index in [-0.39, 0.29) is 71.3 Å². The van der Waals surface area contributed by atoms with Gasteiger partial charge in [-0.3, -0.25) is 38.3 Å². The summed E-state index contributed by atoms with van der Waals surface area (Å²) in [5.74, 6) is -0.648. The number of ether oxygens (including phenoxy) is 3. The van der Waals surface area contributed by atoms with Crippen LogP contribution < -0.4 is 25.7 Å². The van der Waals surface area contributed by atoms with Crippen LogP contribution >= 0.6 is 7.82 Å². The first-order valence-corrected chi connectivity index (χ1v) is 34.9. The molecule has 11 rings (SSSR count). The van der Waals surface area contributed by atoms with Gasteiger partial charge in [0, 0.05) is 34.8 Å². The van der Waals surface area contributed by atoms with Crippen LogP contribution in [0.2, 0.25) is 18.1 Å². The average molecular weight is 1260 g/mol. The predicted molar refractivity (Wildman–Crippen MR) is 341 cm³/mol. The van der Waals surface area contributed by atoms with Gasteiger partial charge in [-0.2, -0.15) is 10.2 Å². The Balaban J connectivity index is 1.01. The number of benzene rings is 4. The molecule has 2 amide bonds. The standard InChI is InChI=1S/C66H78N11O11PSi/c1-12-65-35-49(65)53(77-39-71-52-59(77)73-63(75-62(52)80)74-60(78)40(2)3)55(88-90(10,11)64(5,6)7)56(65)87-89(81,84-33-19-32-67)85-36-43-34-50(76-38-70-51-57(68-37-69-58(51)76)72-61(79)42-20-15-13-16-21-42)41(4)54(43)86-66(44-22-17-14-18-23-44,45-24-28-47(82-8)29-25-45)46-26-30-48(83-9)31-27-46/h13-18,20-31,37-41,43,49-50,53-56H,12,19,33-36H2,1-11H3,(H,68,69,72,79)(H2,73,74,75,78,80)/t41-,43+,49+,50+,53+,54?,55-,56-,65-,89?/m0/s1. The fourth-order valence-electron chi connectivity index (χ4n) is 13.0. The molecule has 24 heteroatoms. The van der Waals surface area contributed by atoms with E-state index in [2.05, 4.69) is 79.4 Å². The largest absolute Gasteiger partial charge is 0.497 e. The molecule has 3 N–H and O–H groups in total. The number of phosphoric acid groups is 1. The molecule has 0 aliphatic heterocycles. The van der Waals surface area contributed by atoms with Crippen molar-refractivity contribution in [2.45, 2.75) is 128 Å². The van der Waals surface area contributed by atoms with Crippen LogP contribution in [0.5, 0.6) is 11.5 Å². The van der Waals surface area contributed by atoms with Gasteiger partial charge in [0.25, 0.3) is 11.5 Å². The van der Waals surface area contributed by atoms with E-state index < -0.39 is 74.9 Å². The van der Waals surface area contributed by atoms with Crippen molar-refractivity contribution in [2.75, 3.05) is 38.1 Å². The van der Waals surface area contributed by atoms with Crippen molar-refractivity contribution in [3.63, 3.8) is 0 Å². The fraction of sp³-hybridized carbons (Fsp3) is 0.439. The van der Waals surface area contributed by atoms with Gasteiger partial charge >= 0.3 is 7.82 Å². The highest BCUT2D eigenvalue weighted by Gasteiger charge is 2.74. The number of aromatic amines is 1. The maximum absolute atomic E-state index is 16.3. The van der Waals surface area contributed by atoms with Gasteiger partial charge < -0.3 is 33.1 Å². The zero-order chi connectivity index (χ0) is 63.9. The van der Waals surface area contributed by atoms with E-state index in [4.69, 9.17) is 47.2 Å². The van der Waals surface area contributed by atoms with Gasteiger partial charge in [0.2, 0.25) is 11.9 Å². The van der Waals surface area contributed by atoms with Crippen molar-refractivity contribution in [2.24, 2.45) is 29.1 Å². The Morgan fingerprint density at radius 2 is 1.44 bits per heavy atom. The molecule has 2 unspecified atom stereocenters. The maximum Gasteiger partial charge on any atom is 0.475 e. The Bertz CT molecular complexity index is 3990. The van der Waals surface area contributed by atoms with Crippen molar-refractivity contribution in [3.8, 4) is 17.6 Å². The minimum absolute atomic E-state index is 0.0201. The van der Waals surface area contributed by atoms with E-state index in [9.17, 15) is 19.6 Å². The predicted octanol–water partition coefficient (Wildman–Crippen LogP) is 12.2. The Kier molecular flexibility index (Phi) is 17.9. The highest BCUT2D eigenvalue weighted by molar-refractivity contribution is 7.48. The van der Waals surface area contributed by atoms with Crippen LogP contribution in [-0.2, 0) is 37.7 Å². The molecule has 0 bridgehead atoms. The van der Waals surface area contributed by atoms with Crippen molar-refractivity contribution in [1.82, 2.24) is 39.0 Å². The van der Waals surface area contributed by atoms with Gasteiger partial charge in [0.1, 0.15) is 29.5 Å². The summed E-state index contributed by atoms with van der Waals surface area (Å²) in [5.41, 5.74) is 1.53. The first-order valence-electron chi connectivity index (χ1n) is 30.6. The van der Waals surface area contributed by atoms with Gasteiger partial charge in [-0.25, -0.2) is 24.5 Å². The van der Waals surface area contributed by atoms with Crippen LogP contribution in [0.3, 0.4) is 0 Å². The summed E-state index contributed by atoms with van der Waals surface area (Å²) in [5, 5.41) is 15.3. The summed E-state index contributed by atoms with van der Waals surface area (Å²) < 4.78 is 67.3. The summed E-state index contributed by atoms with van der Waals surface area (Å²) in [6, 6.07) is 35.6. The first kappa shape index (κ1) is 63.6. The Morgan fingerprint density at radius 3 is 2.06 bits per heavy atom. The summed E-state index contributed by atoms with van der Waals surface area (Å²) >= 11 is 0. The third-order valence-electron chi connectivity index (χ3n) is 19.0. The highest BCUT2D eigenvalue weighted by atomic mass is 31.2. The monoisotopic (exact) mass is 1260 g/mol. The van der Waals surface area contributed by atoms with E-state index >= 15 is 4.57 Å². The molecule has 3 saturated carbocycles. The molecule has 10 atom stereocenters. The molecule has 0 saturated heterocycles. The number of H-pyrrole nitrogens is 1. The molecule has 0 radical (unpaired) electrons. The number of nitriles is 1. The molecule has 3 aliphatic carbocycles. The number of hydrogen-bond acceptors (Lipinski definition) is 17. The normalized spacial score (nSPS) is 23.1. The third-order valence-corrected chi connectivity index (χ3v) is 24.9. The minimum Gasteiger partial charge on any atom is -0.497 e. The Hall–Kier alpha value is -7.94. The smallest absolute Gasteiger partial charge is 0.475 e. The number of phosphoric ester groups is 1. The van der Waals surface area contributed by atoms with Crippen molar-refractivity contribution in [3.05, 3.63) is 161 Å². The molecule has 8 aromatic rings. The number of nitrogens with one attached hydrogen (secondary N) is 3. The van der Waals surface area contributed by atoms with Gasteiger partial charge in [-0.05, 0) is 96.4 Å². The lowest BCUT2D eigenvalue weighted by Crippen LogP contribution is -2.50. The molecular weight excluding hydrogens is 1180 g/mol. The number of hydrogen-bond donors (Lipinski definition) is 3. The lowest BCUT2D eigenvalue weighted by Gasteiger charge is -2.43. The highest BCUT2D eigenvalue weighted by Crippen LogP contribution is 2.74. The second kappa shape index (κ2) is 25.4. The van der Waals surface area contributed by atoms with Gasteiger partial charge in [0.15, 0.2) is 36.5 Å². The minimum atomic E-state index is -4.73. The second-order valence-electron chi connectivity index (χ2n) is 25.5. The number of fused-ring (bicyclic) bond motifs is 3. The van der Waals surface area contributed by atoms with Gasteiger partial charge in [0.05, 0.1) is 70.8 Å². The van der Waals surface area contributed by atoms with E-state index in [1.807, 2.05) is 94.1 Å². The number of aromatic nitrogens is 8. The van der Waals surface area contributed by atoms with Crippen LogP contribution in [-0.4, -0.2) is 105 Å². The fourth-order valence-corrected chi connectivity index (χ4v) is 15.8. The maximum atomic E-state index is 16.3. The number of imidazole rings is 2. The van der Waals surface area contributed by atoms with Crippen LogP contribution in [0.15, 0.2) is 133 Å². The first-order chi connectivity index (χ1) is 43.1. The SMILES string of the molecule is CC[C@]12C[C@@H]1[C@@H](n1cnc3c(=O)[nH]c(NC(=O)C(C)C)nc31)[C@H](O[Si](C)(C)C(C)(C)C)[C@@H]2OP(=O)(OCCC#N)OC[C@H]1C[C@@H](n2cnc3c(NC(=O)c4ccccc4)ncnc32)[C@H](C)C1OC(c1ccccc1)(c1ccc(OC)cc1)c1ccc(OC)cc1. The molecule has 90 heavy (non-hydrogen) atoms. The van der Waals surface area contributed by atoms with Crippen LogP contribution in [0, 0.1) is 40.4 Å². The third kappa shape index (κ3) is 12.0. The van der Waals surface area contributed by atoms with Crippen LogP contribution in [0.1, 0.15) is 113 Å². The van der Waals surface area contributed by atoms with E-state index in [0.29, 0.717) is 47.5 Å². The molecule has 472 valence electrons. The molecule has 4 aromatic carbocycles. The molecule has 4 aromatic heterocycles. The number of amides is 2. The van der Waals surface area contributed by atoms with Crippen molar-refractivity contribution in [1.29, 1.82) is 5.26 Å². The van der Waals surface area contributed by atoms with E-state index in [0.717, 1.165) is 16.7 Å². The number of carbonyl (C=O) groups is 2.